The summed E-state index contributed by atoms with van der Waals surface area (Å²) in [5.74, 6) is -0.311. The van der Waals surface area contributed by atoms with E-state index in [4.69, 9.17) is 0 Å². The molecule has 2 aromatic rings. The van der Waals surface area contributed by atoms with Gasteiger partial charge in [-0.3, -0.25) is 10.2 Å². The molecule has 0 saturated carbocycles. The normalized spacial score (nSPS) is 16.2. The maximum Gasteiger partial charge on any atom is 0.249 e. The number of nitrogens with one attached hydrogen (secondary N) is 1. The molecule has 1 aliphatic heterocycles. The molecule has 0 spiro atoms. The monoisotopic (exact) mass is 361 g/mol. The first-order valence-electron chi connectivity index (χ1n) is 8.46. The summed E-state index contributed by atoms with van der Waals surface area (Å²) in [6, 6.07) is 12.6. The highest BCUT2D eigenvalue weighted by molar-refractivity contribution is 7.89. The maximum atomic E-state index is 12.7. The van der Waals surface area contributed by atoms with Crippen molar-refractivity contribution in [2.24, 2.45) is 0 Å². The van der Waals surface area contributed by atoms with Gasteiger partial charge in [-0.25, -0.2) is 13.4 Å². The number of carbonyl (C=O) groups is 1. The Labute approximate surface area is 148 Å². The molecule has 134 valence electrons. The van der Waals surface area contributed by atoms with Crippen LogP contribution in [0.3, 0.4) is 0 Å². The van der Waals surface area contributed by atoms with Crippen molar-refractivity contribution < 1.29 is 13.2 Å². The Morgan fingerprint density at radius 1 is 1.08 bits per heavy atom. The second kappa shape index (κ2) is 7.51. The van der Waals surface area contributed by atoms with Crippen molar-refractivity contribution in [3.05, 3.63) is 42.5 Å². The van der Waals surface area contributed by atoms with Crippen molar-refractivity contribution in [2.75, 3.05) is 26.7 Å². The second-order valence-electron chi connectivity index (χ2n) is 6.35. The number of hydrogen-bond acceptors (Lipinski definition) is 4. The molecule has 0 atom stereocenters. The Hall–Kier alpha value is -1.96. The molecule has 1 N–H and O–H groups in total. The van der Waals surface area contributed by atoms with Crippen molar-refractivity contribution in [3.63, 3.8) is 0 Å². The van der Waals surface area contributed by atoms with E-state index in [0.29, 0.717) is 0 Å². The van der Waals surface area contributed by atoms with Gasteiger partial charge in [0.1, 0.15) is 0 Å². The standard InChI is InChI=1S/C18H23N3O3S/c1-20(14-18(22)19-21-11-5-2-6-12-21)25(23,24)17-10-9-15-7-3-4-8-16(15)13-17/h3-4,7-10,13H,2,5-6,11-12,14H2,1H3,(H,19,22). The van der Waals surface area contributed by atoms with Gasteiger partial charge in [0.15, 0.2) is 0 Å². The molecule has 1 heterocycles. The number of rotatable bonds is 5. The van der Waals surface area contributed by atoms with Gasteiger partial charge < -0.3 is 0 Å². The van der Waals surface area contributed by atoms with Crippen LogP contribution in [0, 0.1) is 0 Å². The van der Waals surface area contributed by atoms with Crippen LogP contribution in [0.5, 0.6) is 0 Å². The van der Waals surface area contributed by atoms with Crippen molar-refractivity contribution in [3.8, 4) is 0 Å². The largest absolute Gasteiger partial charge is 0.288 e. The quantitative estimate of drug-likeness (QED) is 0.884. The number of carbonyl (C=O) groups excluding carboxylic acids is 1. The van der Waals surface area contributed by atoms with Crippen LogP contribution in [0.25, 0.3) is 10.8 Å². The fraction of sp³-hybridized carbons (Fsp3) is 0.389. The summed E-state index contributed by atoms with van der Waals surface area (Å²) in [6.45, 7) is 1.42. The topological polar surface area (TPSA) is 69.7 Å². The number of sulfonamides is 1. The minimum Gasteiger partial charge on any atom is -0.288 e. The van der Waals surface area contributed by atoms with Crippen molar-refractivity contribution in [1.29, 1.82) is 0 Å². The van der Waals surface area contributed by atoms with Crippen LogP contribution in [-0.2, 0) is 14.8 Å². The predicted octanol–water partition coefficient (Wildman–Crippen LogP) is 1.98. The van der Waals surface area contributed by atoms with Gasteiger partial charge >= 0.3 is 0 Å². The maximum absolute atomic E-state index is 12.7. The van der Waals surface area contributed by atoms with E-state index in [1.165, 1.54) is 13.5 Å². The molecule has 7 heteroatoms. The Bertz CT molecular complexity index is 861. The molecular weight excluding hydrogens is 338 g/mol. The van der Waals surface area contributed by atoms with Crippen LogP contribution in [0.1, 0.15) is 19.3 Å². The zero-order valence-electron chi connectivity index (χ0n) is 14.3. The lowest BCUT2D eigenvalue weighted by Gasteiger charge is -2.27. The van der Waals surface area contributed by atoms with E-state index in [9.17, 15) is 13.2 Å². The Morgan fingerprint density at radius 2 is 1.76 bits per heavy atom. The van der Waals surface area contributed by atoms with E-state index in [1.807, 2.05) is 29.3 Å². The van der Waals surface area contributed by atoms with E-state index in [2.05, 4.69) is 5.43 Å². The van der Waals surface area contributed by atoms with Gasteiger partial charge in [-0.1, -0.05) is 36.8 Å². The van der Waals surface area contributed by atoms with E-state index < -0.39 is 10.0 Å². The van der Waals surface area contributed by atoms with E-state index in [0.717, 1.165) is 41.0 Å². The third kappa shape index (κ3) is 4.18. The van der Waals surface area contributed by atoms with Crippen LogP contribution in [0.4, 0.5) is 0 Å². The van der Waals surface area contributed by atoms with Gasteiger partial charge in [0, 0.05) is 20.1 Å². The molecule has 1 fully saturated rings. The van der Waals surface area contributed by atoms with Crippen LogP contribution in [0.15, 0.2) is 47.4 Å². The molecule has 6 nitrogen and oxygen atoms in total. The first-order valence-corrected chi connectivity index (χ1v) is 9.90. The van der Waals surface area contributed by atoms with Gasteiger partial charge in [-0.05, 0) is 35.7 Å². The van der Waals surface area contributed by atoms with Crippen LogP contribution >= 0.6 is 0 Å². The smallest absolute Gasteiger partial charge is 0.249 e. The Balaban J connectivity index is 1.70. The number of hydrazine groups is 1. The van der Waals surface area contributed by atoms with Gasteiger partial charge in [-0.15, -0.1) is 0 Å². The molecule has 0 radical (unpaired) electrons. The summed E-state index contributed by atoms with van der Waals surface area (Å²) in [4.78, 5) is 12.3. The fourth-order valence-electron chi connectivity index (χ4n) is 3.01. The Morgan fingerprint density at radius 3 is 2.48 bits per heavy atom. The number of benzene rings is 2. The summed E-state index contributed by atoms with van der Waals surface area (Å²) < 4.78 is 26.6. The Kier molecular flexibility index (Phi) is 5.36. The number of amides is 1. The lowest BCUT2D eigenvalue weighted by atomic mass is 10.1. The summed E-state index contributed by atoms with van der Waals surface area (Å²) in [5, 5.41) is 3.70. The molecule has 2 aromatic carbocycles. The summed E-state index contributed by atoms with van der Waals surface area (Å²) >= 11 is 0. The van der Waals surface area contributed by atoms with Crippen LogP contribution in [0.2, 0.25) is 0 Å². The number of hydrogen-bond donors (Lipinski definition) is 1. The lowest BCUT2D eigenvalue weighted by Crippen LogP contribution is -2.48. The molecule has 1 aliphatic rings. The van der Waals surface area contributed by atoms with Crippen molar-refractivity contribution in [2.45, 2.75) is 24.2 Å². The fourth-order valence-corrected chi connectivity index (χ4v) is 4.18. The first kappa shape index (κ1) is 17.8. The average Bonchev–Trinajstić information content (AvgIpc) is 2.62. The molecule has 0 aliphatic carbocycles. The minimum absolute atomic E-state index is 0.194. The zero-order chi connectivity index (χ0) is 17.9. The third-order valence-electron chi connectivity index (χ3n) is 4.43. The first-order chi connectivity index (χ1) is 12.0. The van der Waals surface area contributed by atoms with E-state index >= 15 is 0 Å². The molecule has 0 bridgehead atoms. The number of fused-ring (bicyclic) bond motifs is 1. The molecule has 3 rings (SSSR count). The molecular formula is C18H23N3O3S. The van der Waals surface area contributed by atoms with Crippen molar-refractivity contribution >= 4 is 26.7 Å². The van der Waals surface area contributed by atoms with Gasteiger partial charge in [0.05, 0.1) is 11.4 Å². The zero-order valence-corrected chi connectivity index (χ0v) is 15.1. The summed E-state index contributed by atoms with van der Waals surface area (Å²) in [7, 11) is -2.28. The number of nitrogens with zero attached hydrogens (tertiary/aromatic N) is 2. The highest BCUT2D eigenvalue weighted by Gasteiger charge is 2.24. The van der Waals surface area contributed by atoms with Crippen LogP contribution in [-0.4, -0.2) is 50.3 Å². The van der Waals surface area contributed by atoms with E-state index in [-0.39, 0.29) is 17.3 Å². The lowest BCUT2D eigenvalue weighted by molar-refractivity contribution is -0.126. The number of piperidine rings is 1. The molecule has 25 heavy (non-hydrogen) atoms. The SMILES string of the molecule is CN(CC(=O)NN1CCCCC1)S(=O)(=O)c1ccc2ccccc2c1. The van der Waals surface area contributed by atoms with Crippen LogP contribution < -0.4 is 5.43 Å². The molecule has 0 unspecified atom stereocenters. The average molecular weight is 361 g/mol. The predicted molar refractivity (Wildman–Crippen MR) is 97.3 cm³/mol. The van der Waals surface area contributed by atoms with E-state index in [1.54, 1.807) is 18.2 Å². The summed E-state index contributed by atoms with van der Waals surface area (Å²) in [6.07, 6.45) is 3.26. The molecule has 1 amide bonds. The highest BCUT2D eigenvalue weighted by atomic mass is 32.2. The van der Waals surface area contributed by atoms with Gasteiger partial charge in [0.25, 0.3) is 0 Å². The minimum atomic E-state index is -3.71. The third-order valence-corrected chi connectivity index (χ3v) is 6.23. The number of likely N-dealkylation sites (N-methyl/N-ethyl adjacent to an activating group) is 1. The molecule has 0 aromatic heterocycles. The van der Waals surface area contributed by atoms with Crippen molar-refractivity contribution in [1.82, 2.24) is 14.7 Å². The van der Waals surface area contributed by atoms with Gasteiger partial charge in [-0.2, -0.15) is 4.31 Å². The molecule has 1 saturated heterocycles. The van der Waals surface area contributed by atoms with Gasteiger partial charge in [0.2, 0.25) is 15.9 Å². The second-order valence-corrected chi connectivity index (χ2v) is 8.40. The highest BCUT2D eigenvalue weighted by Crippen LogP contribution is 2.21. The summed E-state index contributed by atoms with van der Waals surface area (Å²) in [5.41, 5.74) is 2.79.